The number of piperazine rings is 1. The van der Waals surface area contributed by atoms with E-state index in [0.29, 0.717) is 37.8 Å². The van der Waals surface area contributed by atoms with Gasteiger partial charge in [-0.2, -0.15) is 9.97 Å². The molecule has 2 atom stereocenters. The fourth-order valence-corrected chi connectivity index (χ4v) is 6.72. The molecule has 202 valence electrons. The van der Waals surface area contributed by atoms with E-state index in [4.69, 9.17) is 14.7 Å². The Bertz CT molecular complexity index is 1180. The third kappa shape index (κ3) is 4.98. The van der Waals surface area contributed by atoms with Crippen LogP contribution in [0.25, 0.3) is 0 Å². The molecule has 1 aromatic carbocycles. The Kier molecular flexibility index (Phi) is 7.24. The lowest BCUT2D eigenvalue weighted by Crippen LogP contribution is -2.49. The molecule has 1 aliphatic carbocycles. The second kappa shape index (κ2) is 10.9. The number of aromatic nitrogens is 2. The van der Waals surface area contributed by atoms with Gasteiger partial charge in [0.15, 0.2) is 0 Å². The molecule has 1 amide bonds. The predicted octanol–water partition coefficient (Wildman–Crippen LogP) is 3.09. The molecule has 0 bridgehead atoms. The van der Waals surface area contributed by atoms with Crippen LogP contribution in [0.4, 0.5) is 11.5 Å². The molecule has 4 aliphatic rings. The number of amides is 1. The number of hydrogen-bond acceptors (Lipinski definition) is 7. The minimum Gasteiger partial charge on any atom is -0.462 e. The van der Waals surface area contributed by atoms with Crippen LogP contribution < -0.4 is 14.5 Å². The molecule has 0 radical (unpaired) electrons. The van der Waals surface area contributed by atoms with Gasteiger partial charge in [0.1, 0.15) is 12.4 Å². The third-order valence-corrected chi connectivity index (χ3v) is 8.94. The number of rotatable bonds is 6. The lowest BCUT2D eigenvalue weighted by molar-refractivity contribution is -0.126. The van der Waals surface area contributed by atoms with E-state index in [1.165, 1.54) is 35.7 Å². The Morgan fingerprint density at radius 3 is 2.68 bits per heavy atom. The fourth-order valence-electron chi connectivity index (χ4n) is 6.72. The van der Waals surface area contributed by atoms with Gasteiger partial charge in [-0.1, -0.05) is 24.8 Å². The Balaban J connectivity index is 1.26. The number of ether oxygens (including phenoxy) is 1. The quantitative estimate of drug-likeness (QED) is 0.547. The van der Waals surface area contributed by atoms with Crippen molar-refractivity contribution in [1.82, 2.24) is 19.8 Å². The average molecular weight is 517 g/mol. The number of likely N-dealkylation sites (N-methyl/N-ethyl adjacent to an activating group) is 1. The number of carbonyl (C=O) groups is 1. The van der Waals surface area contributed by atoms with Crippen molar-refractivity contribution in [3.8, 4) is 6.01 Å². The topological polar surface area (TPSA) is 65.0 Å². The molecule has 1 aromatic heterocycles. The second-order valence-corrected chi connectivity index (χ2v) is 11.2. The van der Waals surface area contributed by atoms with Crippen molar-refractivity contribution >= 4 is 17.4 Å². The molecule has 6 rings (SSSR count). The molecule has 0 N–H and O–H groups in total. The van der Waals surface area contributed by atoms with Crippen LogP contribution in [0.1, 0.15) is 42.5 Å². The maximum atomic E-state index is 12.1. The van der Waals surface area contributed by atoms with Crippen LogP contribution in [0.2, 0.25) is 0 Å². The number of carbonyl (C=O) groups excluding carboxylic acids is 1. The maximum Gasteiger partial charge on any atom is 0.318 e. The average Bonchev–Trinajstić information content (AvgIpc) is 3.39. The number of nitrogens with zero attached hydrogens (tertiary/aromatic N) is 6. The van der Waals surface area contributed by atoms with E-state index in [-0.39, 0.29) is 5.91 Å². The highest BCUT2D eigenvalue weighted by molar-refractivity contribution is 5.87. The molecule has 38 heavy (non-hydrogen) atoms. The molecule has 4 heterocycles. The largest absolute Gasteiger partial charge is 0.462 e. The summed E-state index contributed by atoms with van der Waals surface area (Å²) in [6, 6.07) is 10.2. The zero-order valence-corrected chi connectivity index (χ0v) is 22.6. The van der Waals surface area contributed by atoms with Crippen LogP contribution in [-0.2, 0) is 24.1 Å². The van der Waals surface area contributed by atoms with Gasteiger partial charge in [0, 0.05) is 62.5 Å². The number of benzene rings is 1. The number of para-hydroxylation sites is 1. The monoisotopic (exact) mass is 516 g/mol. The van der Waals surface area contributed by atoms with Gasteiger partial charge < -0.3 is 24.3 Å². The van der Waals surface area contributed by atoms with Gasteiger partial charge in [0.2, 0.25) is 5.91 Å². The summed E-state index contributed by atoms with van der Waals surface area (Å²) in [6.45, 7) is 9.38. The Morgan fingerprint density at radius 1 is 1.05 bits per heavy atom. The summed E-state index contributed by atoms with van der Waals surface area (Å²) in [6.07, 6.45) is 9.12. The Labute approximate surface area is 226 Å². The molecule has 2 unspecified atom stereocenters. The molecular formula is C30H40N6O2. The summed E-state index contributed by atoms with van der Waals surface area (Å²) in [5.74, 6) is 1.01. The highest BCUT2D eigenvalue weighted by Crippen LogP contribution is 2.36. The molecule has 8 nitrogen and oxygen atoms in total. The van der Waals surface area contributed by atoms with Crippen molar-refractivity contribution in [2.45, 2.75) is 57.0 Å². The van der Waals surface area contributed by atoms with Crippen LogP contribution in [0.5, 0.6) is 6.01 Å². The first-order valence-electron chi connectivity index (χ1n) is 14.3. The zero-order chi connectivity index (χ0) is 26.1. The number of hydrogen-bond donors (Lipinski definition) is 0. The summed E-state index contributed by atoms with van der Waals surface area (Å²) in [4.78, 5) is 31.4. The van der Waals surface area contributed by atoms with Gasteiger partial charge in [-0.3, -0.25) is 4.79 Å². The zero-order valence-electron chi connectivity index (χ0n) is 22.6. The van der Waals surface area contributed by atoms with E-state index >= 15 is 0 Å². The number of likely N-dealkylation sites (tertiary alicyclic amines) is 1. The molecule has 2 fully saturated rings. The normalized spacial score (nSPS) is 23.7. The van der Waals surface area contributed by atoms with Gasteiger partial charge in [-0.05, 0) is 69.8 Å². The van der Waals surface area contributed by atoms with Crippen LogP contribution in [0.3, 0.4) is 0 Å². The first kappa shape index (κ1) is 25.2. The van der Waals surface area contributed by atoms with Gasteiger partial charge in [0.25, 0.3) is 0 Å². The SMILES string of the molecule is C=CC(=O)N1CCN(c2nc(OCC3CCCN3C)nc3c2CCC(N2CCCc4ccccc42)C3)CC1. The summed E-state index contributed by atoms with van der Waals surface area (Å²) in [5.41, 5.74) is 5.25. The maximum absolute atomic E-state index is 12.1. The van der Waals surface area contributed by atoms with Gasteiger partial charge >= 0.3 is 6.01 Å². The third-order valence-electron chi connectivity index (χ3n) is 8.94. The van der Waals surface area contributed by atoms with Crippen molar-refractivity contribution < 1.29 is 9.53 Å². The summed E-state index contributed by atoms with van der Waals surface area (Å²) in [5, 5.41) is 0. The molecule has 2 saturated heterocycles. The minimum atomic E-state index is 0.00345. The smallest absolute Gasteiger partial charge is 0.318 e. The van der Waals surface area contributed by atoms with E-state index in [1.807, 2.05) is 4.90 Å². The van der Waals surface area contributed by atoms with E-state index in [1.54, 1.807) is 0 Å². The van der Waals surface area contributed by atoms with E-state index < -0.39 is 0 Å². The first-order chi connectivity index (χ1) is 18.6. The second-order valence-electron chi connectivity index (χ2n) is 11.2. The van der Waals surface area contributed by atoms with Gasteiger partial charge in [-0.25, -0.2) is 0 Å². The number of anilines is 2. The molecule has 0 saturated carbocycles. The minimum absolute atomic E-state index is 0.00345. The van der Waals surface area contributed by atoms with Gasteiger partial charge in [0.05, 0.1) is 5.69 Å². The lowest BCUT2D eigenvalue weighted by atomic mass is 9.88. The van der Waals surface area contributed by atoms with Crippen LogP contribution >= 0.6 is 0 Å². The lowest BCUT2D eigenvalue weighted by Gasteiger charge is -2.41. The Hall–Kier alpha value is -3.13. The van der Waals surface area contributed by atoms with E-state index in [2.05, 4.69) is 52.6 Å². The predicted molar refractivity (Wildman–Crippen MR) is 150 cm³/mol. The summed E-state index contributed by atoms with van der Waals surface area (Å²) in [7, 11) is 2.17. The van der Waals surface area contributed by atoms with Crippen molar-refractivity contribution in [1.29, 1.82) is 0 Å². The summed E-state index contributed by atoms with van der Waals surface area (Å²) >= 11 is 0. The number of fused-ring (bicyclic) bond motifs is 2. The fraction of sp³-hybridized carbons (Fsp3) is 0.567. The van der Waals surface area contributed by atoms with E-state index in [0.717, 1.165) is 69.8 Å². The van der Waals surface area contributed by atoms with Crippen molar-refractivity contribution in [2.75, 3.05) is 62.7 Å². The first-order valence-corrected chi connectivity index (χ1v) is 14.3. The molecule has 2 aromatic rings. The van der Waals surface area contributed by atoms with Crippen molar-refractivity contribution in [2.24, 2.45) is 0 Å². The van der Waals surface area contributed by atoms with Gasteiger partial charge in [-0.15, -0.1) is 0 Å². The Morgan fingerprint density at radius 2 is 1.89 bits per heavy atom. The molecule has 0 spiro atoms. The number of aryl methyl sites for hydroxylation is 1. The summed E-state index contributed by atoms with van der Waals surface area (Å²) < 4.78 is 6.29. The highest BCUT2D eigenvalue weighted by atomic mass is 16.5. The molecule has 8 heteroatoms. The van der Waals surface area contributed by atoms with Crippen molar-refractivity contribution in [3.05, 3.63) is 53.7 Å². The van der Waals surface area contributed by atoms with Crippen LogP contribution in [-0.4, -0.2) is 90.7 Å². The highest BCUT2D eigenvalue weighted by Gasteiger charge is 2.33. The van der Waals surface area contributed by atoms with Crippen LogP contribution in [0.15, 0.2) is 36.9 Å². The van der Waals surface area contributed by atoms with Crippen molar-refractivity contribution in [3.63, 3.8) is 0 Å². The van der Waals surface area contributed by atoms with E-state index in [9.17, 15) is 4.79 Å². The molecule has 3 aliphatic heterocycles. The standard InChI is InChI=1S/C30H40N6O2/c1-3-28(37)34-16-18-35(19-17-34)29-25-13-12-23(36-15-6-9-22-8-4-5-11-27(22)36)20-26(25)31-30(32-29)38-21-24-10-7-14-33(24)2/h3-5,8,11,23-24H,1,6-7,9-10,12-21H2,2H3. The van der Waals surface area contributed by atoms with Crippen LogP contribution in [0, 0.1) is 0 Å². The molecular weight excluding hydrogens is 476 g/mol.